The van der Waals surface area contributed by atoms with Crippen LogP contribution < -0.4 is 14.4 Å². The molecule has 0 saturated heterocycles. The molecule has 7 heteroatoms. The number of hydrogen-bond donors (Lipinski definition) is 1. The Bertz CT molecular complexity index is 1470. The number of benzene rings is 4. The molecule has 0 aliphatic rings. The standard InChI is InChI=1S/C29H28N2O4S/c1-21-12-17-26(18-22(21)2)31(36(33,34)28-10-5-4-6-11-28)20-23-13-15-25(16-14-23)30-29(32)24-8-7-9-27(19-24)35-3/h4-19H,20H2,1-3H3,(H,30,32). The van der Waals surface area contributed by atoms with Crippen LogP contribution in [0.2, 0.25) is 0 Å². The second kappa shape index (κ2) is 10.7. The van der Waals surface area contributed by atoms with E-state index in [0.717, 1.165) is 16.7 Å². The Hall–Kier alpha value is -4.10. The van der Waals surface area contributed by atoms with E-state index in [1.165, 1.54) is 4.31 Å². The molecule has 0 fully saturated rings. The van der Waals surface area contributed by atoms with Gasteiger partial charge in [0.1, 0.15) is 5.75 Å². The van der Waals surface area contributed by atoms with E-state index in [2.05, 4.69) is 5.32 Å². The van der Waals surface area contributed by atoms with Crippen LogP contribution >= 0.6 is 0 Å². The highest BCUT2D eigenvalue weighted by Gasteiger charge is 2.25. The third kappa shape index (κ3) is 5.58. The Kier molecular flexibility index (Phi) is 7.41. The minimum Gasteiger partial charge on any atom is -0.497 e. The number of aryl methyl sites for hydroxylation is 2. The number of anilines is 2. The summed E-state index contributed by atoms with van der Waals surface area (Å²) in [7, 11) is -2.25. The van der Waals surface area contributed by atoms with Gasteiger partial charge in [0.05, 0.1) is 24.2 Å². The molecular formula is C29H28N2O4S. The lowest BCUT2D eigenvalue weighted by Crippen LogP contribution is -2.30. The minimum absolute atomic E-state index is 0.143. The van der Waals surface area contributed by atoms with Crippen LogP contribution in [0.1, 0.15) is 27.0 Å². The molecule has 36 heavy (non-hydrogen) atoms. The fourth-order valence-electron chi connectivity index (χ4n) is 3.74. The van der Waals surface area contributed by atoms with E-state index >= 15 is 0 Å². The molecule has 4 aromatic carbocycles. The van der Waals surface area contributed by atoms with E-state index in [0.29, 0.717) is 22.7 Å². The maximum Gasteiger partial charge on any atom is 0.264 e. The molecule has 0 spiro atoms. The average molecular weight is 501 g/mol. The van der Waals surface area contributed by atoms with Gasteiger partial charge in [-0.2, -0.15) is 0 Å². The van der Waals surface area contributed by atoms with Gasteiger partial charge in [0, 0.05) is 11.3 Å². The van der Waals surface area contributed by atoms with Crippen LogP contribution in [-0.4, -0.2) is 21.4 Å². The lowest BCUT2D eigenvalue weighted by molar-refractivity contribution is 0.102. The summed E-state index contributed by atoms with van der Waals surface area (Å²) in [5.41, 5.74) is 4.57. The van der Waals surface area contributed by atoms with Gasteiger partial charge in [0.2, 0.25) is 0 Å². The number of sulfonamides is 1. The van der Waals surface area contributed by atoms with Crippen molar-refractivity contribution < 1.29 is 17.9 Å². The third-order valence-electron chi connectivity index (χ3n) is 5.98. The zero-order valence-electron chi connectivity index (χ0n) is 20.4. The second-order valence-corrected chi connectivity index (χ2v) is 10.3. The van der Waals surface area contributed by atoms with Crippen LogP contribution in [0.4, 0.5) is 11.4 Å². The molecule has 0 aliphatic carbocycles. The summed E-state index contributed by atoms with van der Waals surface area (Å²) in [6.07, 6.45) is 0. The van der Waals surface area contributed by atoms with Crippen LogP contribution in [0.25, 0.3) is 0 Å². The lowest BCUT2D eigenvalue weighted by Gasteiger charge is -2.25. The maximum atomic E-state index is 13.6. The van der Waals surface area contributed by atoms with Crippen molar-refractivity contribution in [3.05, 3.63) is 119 Å². The summed E-state index contributed by atoms with van der Waals surface area (Å²) in [5, 5.41) is 2.87. The van der Waals surface area contributed by atoms with Gasteiger partial charge in [-0.3, -0.25) is 9.10 Å². The van der Waals surface area contributed by atoms with Gasteiger partial charge in [0.25, 0.3) is 15.9 Å². The van der Waals surface area contributed by atoms with Gasteiger partial charge in [-0.05, 0) is 85.1 Å². The summed E-state index contributed by atoms with van der Waals surface area (Å²) in [4.78, 5) is 12.9. The first-order chi connectivity index (χ1) is 17.3. The Morgan fingerprint density at radius 2 is 1.56 bits per heavy atom. The Morgan fingerprint density at radius 1 is 0.833 bits per heavy atom. The number of carbonyl (C=O) groups is 1. The largest absolute Gasteiger partial charge is 0.497 e. The summed E-state index contributed by atoms with van der Waals surface area (Å²) in [6.45, 7) is 4.10. The zero-order chi connectivity index (χ0) is 25.7. The normalized spacial score (nSPS) is 11.1. The Balaban J connectivity index is 1.59. The average Bonchev–Trinajstić information content (AvgIpc) is 2.90. The van der Waals surface area contributed by atoms with Crippen LogP contribution in [0.15, 0.2) is 102 Å². The van der Waals surface area contributed by atoms with Crippen LogP contribution in [-0.2, 0) is 16.6 Å². The van der Waals surface area contributed by atoms with Crippen molar-refractivity contribution >= 4 is 27.3 Å². The second-order valence-electron chi connectivity index (χ2n) is 8.48. The summed E-state index contributed by atoms with van der Waals surface area (Å²) < 4.78 is 33.8. The molecule has 0 unspecified atom stereocenters. The number of ether oxygens (including phenoxy) is 1. The molecule has 0 aromatic heterocycles. The Labute approximate surface area is 212 Å². The van der Waals surface area contributed by atoms with E-state index in [1.807, 2.05) is 44.2 Å². The highest BCUT2D eigenvalue weighted by atomic mass is 32.2. The predicted molar refractivity (Wildman–Crippen MR) is 143 cm³/mol. The first-order valence-corrected chi connectivity index (χ1v) is 12.9. The van der Waals surface area contributed by atoms with Gasteiger partial charge >= 0.3 is 0 Å². The summed E-state index contributed by atoms with van der Waals surface area (Å²) in [6, 6.07) is 28.1. The molecule has 0 aliphatic heterocycles. The van der Waals surface area contributed by atoms with E-state index in [1.54, 1.807) is 73.8 Å². The molecule has 0 heterocycles. The van der Waals surface area contributed by atoms with E-state index < -0.39 is 10.0 Å². The molecule has 1 amide bonds. The number of carbonyl (C=O) groups excluding carboxylic acids is 1. The van der Waals surface area contributed by atoms with Crippen molar-refractivity contribution in [3.8, 4) is 5.75 Å². The topological polar surface area (TPSA) is 75.7 Å². The van der Waals surface area contributed by atoms with Crippen molar-refractivity contribution in [1.29, 1.82) is 0 Å². The molecule has 0 atom stereocenters. The van der Waals surface area contributed by atoms with Crippen molar-refractivity contribution in [1.82, 2.24) is 0 Å². The number of nitrogens with zero attached hydrogens (tertiary/aromatic N) is 1. The third-order valence-corrected chi connectivity index (χ3v) is 7.77. The Morgan fingerprint density at radius 3 is 2.22 bits per heavy atom. The smallest absolute Gasteiger partial charge is 0.264 e. The van der Waals surface area contributed by atoms with E-state index in [9.17, 15) is 13.2 Å². The van der Waals surface area contributed by atoms with Gasteiger partial charge in [0.15, 0.2) is 0 Å². The van der Waals surface area contributed by atoms with Crippen molar-refractivity contribution in [3.63, 3.8) is 0 Å². The van der Waals surface area contributed by atoms with E-state index in [4.69, 9.17) is 4.74 Å². The first kappa shape index (κ1) is 25.0. The quantitative estimate of drug-likeness (QED) is 0.324. The van der Waals surface area contributed by atoms with Gasteiger partial charge in [-0.1, -0.05) is 42.5 Å². The van der Waals surface area contributed by atoms with Gasteiger partial charge in [-0.15, -0.1) is 0 Å². The van der Waals surface area contributed by atoms with Crippen LogP contribution in [0.3, 0.4) is 0 Å². The molecule has 0 radical (unpaired) electrons. The van der Waals surface area contributed by atoms with Crippen LogP contribution in [0.5, 0.6) is 5.75 Å². The predicted octanol–water partition coefficient (Wildman–Crippen LogP) is 5.96. The summed E-state index contributed by atoms with van der Waals surface area (Å²) >= 11 is 0. The minimum atomic E-state index is -3.80. The monoisotopic (exact) mass is 500 g/mol. The number of methoxy groups -OCH3 is 1. The number of nitrogens with one attached hydrogen (secondary N) is 1. The molecule has 6 nitrogen and oxygen atoms in total. The van der Waals surface area contributed by atoms with Crippen molar-refractivity contribution in [2.45, 2.75) is 25.3 Å². The molecule has 0 saturated carbocycles. The molecule has 4 rings (SSSR count). The fraction of sp³-hybridized carbons (Fsp3) is 0.138. The SMILES string of the molecule is COc1cccc(C(=O)Nc2ccc(CN(c3ccc(C)c(C)c3)S(=O)(=O)c3ccccc3)cc2)c1. The van der Waals surface area contributed by atoms with Crippen molar-refractivity contribution in [2.75, 3.05) is 16.7 Å². The van der Waals surface area contributed by atoms with Gasteiger partial charge < -0.3 is 10.1 Å². The summed E-state index contributed by atoms with van der Waals surface area (Å²) in [5.74, 6) is 0.342. The lowest BCUT2D eigenvalue weighted by atomic mass is 10.1. The molecular weight excluding hydrogens is 472 g/mol. The zero-order valence-corrected chi connectivity index (χ0v) is 21.2. The number of hydrogen-bond acceptors (Lipinski definition) is 4. The van der Waals surface area contributed by atoms with Crippen LogP contribution in [0, 0.1) is 13.8 Å². The molecule has 0 bridgehead atoms. The number of rotatable bonds is 8. The van der Waals surface area contributed by atoms with E-state index in [-0.39, 0.29) is 17.3 Å². The molecule has 1 N–H and O–H groups in total. The number of amides is 1. The molecule has 4 aromatic rings. The van der Waals surface area contributed by atoms with Gasteiger partial charge in [-0.25, -0.2) is 8.42 Å². The highest BCUT2D eigenvalue weighted by molar-refractivity contribution is 7.92. The fourth-order valence-corrected chi connectivity index (χ4v) is 5.21. The highest BCUT2D eigenvalue weighted by Crippen LogP contribution is 2.28. The maximum absolute atomic E-state index is 13.6. The molecule has 184 valence electrons. The van der Waals surface area contributed by atoms with Crippen molar-refractivity contribution in [2.24, 2.45) is 0 Å². The first-order valence-electron chi connectivity index (χ1n) is 11.5.